The van der Waals surface area contributed by atoms with Crippen molar-refractivity contribution in [2.75, 3.05) is 0 Å². The number of non-ortho nitro benzene ring substituents is 1. The van der Waals surface area contributed by atoms with E-state index < -0.39 is 4.92 Å². The van der Waals surface area contributed by atoms with Crippen LogP contribution in [-0.2, 0) is 5.75 Å². The molecule has 0 saturated heterocycles. The van der Waals surface area contributed by atoms with E-state index in [-0.39, 0.29) is 5.69 Å². The molecule has 0 spiro atoms. The molecule has 0 bridgehead atoms. The van der Waals surface area contributed by atoms with Gasteiger partial charge in [0.1, 0.15) is 9.98 Å². The summed E-state index contributed by atoms with van der Waals surface area (Å²) in [5.41, 5.74) is 2.76. The van der Waals surface area contributed by atoms with Crippen LogP contribution in [0, 0.1) is 10.1 Å². The molecule has 4 aromatic rings. The van der Waals surface area contributed by atoms with Gasteiger partial charge in [-0.25, -0.2) is 9.97 Å². The molecular weight excluding hydrogens is 402 g/mol. The van der Waals surface area contributed by atoms with Crippen molar-refractivity contribution in [3.05, 3.63) is 80.8 Å². The van der Waals surface area contributed by atoms with Gasteiger partial charge in [-0.15, -0.1) is 11.3 Å². The highest BCUT2D eigenvalue weighted by molar-refractivity contribution is 7.98. The molecule has 8 heteroatoms. The van der Waals surface area contributed by atoms with Crippen LogP contribution in [0.2, 0.25) is 5.15 Å². The molecule has 4 rings (SSSR count). The Kier molecular flexibility index (Phi) is 5.07. The van der Waals surface area contributed by atoms with Gasteiger partial charge in [0, 0.05) is 28.8 Å². The minimum atomic E-state index is -0.408. The van der Waals surface area contributed by atoms with Crippen molar-refractivity contribution < 1.29 is 4.92 Å². The van der Waals surface area contributed by atoms with E-state index in [0.29, 0.717) is 10.3 Å². The number of thioether (sulfide) groups is 1. The van der Waals surface area contributed by atoms with Gasteiger partial charge in [-0.2, -0.15) is 0 Å². The van der Waals surface area contributed by atoms with E-state index >= 15 is 0 Å². The van der Waals surface area contributed by atoms with Gasteiger partial charge in [-0.1, -0.05) is 65.8 Å². The van der Waals surface area contributed by atoms with E-state index in [0.717, 1.165) is 27.1 Å². The molecule has 2 aromatic heterocycles. The molecule has 2 aromatic carbocycles. The van der Waals surface area contributed by atoms with E-state index in [1.54, 1.807) is 6.07 Å². The predicted octanol–water partition coefficient (Wildman–Crippen LogP) is 6.21. The van der Waals surface area contributed by atoms with Crippen molar-refractivity contribution in [2.24, 2.45) is 0 Å². The van der Waals surface area contributed by atoms with Crippen LogP contribution in [0.5, 0.6) is 0 Å². The molecule has 0 N–H and O–H groups in total. The third-order valence-corrected chi connectivity index (χ3v) is 6.01. The third kappa shape index (κ3) is 3.80. The topological polar surface area (TPSA) is 68.9 Å². The van der Waals surface area contributed by atoms with Crippen LogP contribution >= 0.6 is 34.7 Å². The summed E-state index contributed by atoms with van der Waals surface area (Å²) in [4.78, 5) is 20.4. The molecule has 0 aliphatic carbocycles. The number of nitrogens with zero attached hydrogens (tertiary/aromatic N) is 3. The van der Waals surface area contributed by atoms with Crippen LogP contribution in [0.3, 0.4) is 0 Å². The maximum absolute atomic E-state index is 11.0. The second kappa shape index (κ2) is 7.64. The van der Waals surface area contributed by atoms with Crippen molar-refractivity contribution in [3.8, 4) is 11.1 Å². The number of thiophene rings is 1. The number of nitro benzene ring substituents is 1. The molecule has 5 nitrogen and oxygen atoms in total. The molecule has 0 fully saturated rings. The maximum atomic E-state index is 11.0. The smallest absolute Gasteiger partial charge is 0.258 e. The highest BCUT2D eigenvalue weighted by Gasteiger charge is 2.16. The molecule has 0 radical (unpaired) electrons. The Morgan fingerprint density at radius 1 is 1.11 bits per heavy atom. The zero-order chi connectivity index (χ0) is 18.8. The summed E-state index contributed by atoms with van der Waals surface area (Å²) in [6, 6.07) is 16.6. The minimum Gasteiger partial charge on any atom is -0.258 e. The van der Waals surface area contributed by atoms with E-state index in [1.807, 2.05) is 29.6 Å². The van der Waals surface area contributed by atoms with Crippen molar-refractivity contribution in [2.45, 2.75) is 10.9 Å². The van der Waals surface area contributed by atoms with Gasteiger partial charge in [0.2, 0.25) is 0 Å². The molecule has 0 aliphatic heterocycles. The van der Waals surface area contributed by atoms with Crippen LogP contribution in [0.25, 0.3) is 21.3 Å². The van der Waals surface area contributed by atoms with Gasteiger partial charge in [0.15, 0.2) is 5.16 Å². The highest BCUT2D eigenvalue weighted by atomic mass is 35.5. The fourth-order valence-corrected chi connectivity index (χ4v) is 4.85. The molecule has 134 valence electrons. The maximum Gasteiger partial charge on any atom is 0.270 e. The number of nitro groups is 1. The lowest BCUT2D eigenvalue weighted by atomic mass is 10.1. The zero-order valence-electron chi connectivity index (χ0n) is 13.8. The standard InChI is InChI=1S/C19H12ClN3O2S2/c20-17-16-15(13-7-4-8-14(9-13)23(24)25)11-26-18(16)22-19(21-17)27-10-12-5-2-1-3-6-12/h1-9,11H,10H2. The monoisotopic (exact) mass is 413 g/mol. The van der Waals surface area contributed by atoms with Gasteiger partial charge in [0.25, 0.3) is 5.69 Å². The van der Waals surface area contributed by atoms with Crippen LogP contribution < -0.4 is 0 Å². The van der Waals surface area contributed by atoms with Crippen LogP contribution in [0.15, 0.2) is 65.1 Å². The fourth-order valence-electron chi connectivity index (χ4n) is 2.67. The van der Waals surface area contributed by atoms with Crippen molar-refractivity contribution in [1.29, 1.82) is 0 Å². The fraction of sp³-hybridized carbons (Fsp3) is 0.0526. The van der Waals surface area contributed by atoms with Gasteiger partial charge >= 0.3 is 0 Å². The quantitative estimate of drug-likeness (QED) is 0.128. The summed E-state index contributed by atoms with van der Waals surface area (Å²) in [5, 5.41) is 14.7. The van der Waals surface area contributed by atoms with E-state index in [1.165, 1.54) is 40.8 Å². The van der Waals surface area contributed by atoms with Crippen LogP contribution in [-0.4, -0.2) is 14.9 Å². The lowest BCUT2D eigenvalue weighted by Gasteiger charge is -2.04. The number of hydrogen-bond donors (Lipinski definition) is 0. The van der Waals surface area contributed by atoms with Crippen LogP contribution in [0.4, 0.5) is 5.69 Å². The zero-order valence-corrected chi connectivity index (χ0v) is 16.2. The normalized spacial score (nSPS) is 11.0. The number of benzene rings is 2. The first-order valence-corrected chi connectivity index (χ1v) is 10.2. The molecule has 0 saturated carbocycles. The van der Waals surface area contributed by atoms with E-state index in [2.05, 4.69) is 22.1 Å². The molecule has 27 heavy (non-hydrogen) atoms. The summed E-state index contributed by atoms with van der Waals surface area (Å²) in [6.07, 6.45) is 0. The van der Waals surface area contributed by atoms with E-state index in [9.17, 15) is 10.1 Å². The Balaban J connectivity index is 1.68. The predicted molar refractivity (Wildman–Crippen MR) is 111 cm³/mol. The average molecular weight is 414 g/mol. The van der Waals surface area contributed by atoms with Gasteiger partial charge in [-0.3, -0.25) is 10.1 Å². The third-order valence-electron chi connectivity index (χ3n) is 3.95. The molecule has 0 atom stereocenters. The second-order valence-corrected chi connectivity index (χ2v) is 7.87. The Labute approximate surface area is 168 Å². The first-order valence-electron chi connectivity index (χ1n) is 7.98. The van der Waals surface area contributed by atoms with Gasteiger partial charge < -0.3 is 0 Å². The average Bonchev–Trinajstić information content (AvgIpc) is 3.12. The largest absolute Gasteiger partial charge is 0.270 e. The molecule has 0 aliphatic rings. The summed E-state index contributed by atoms with van der Waals surface area (Å²) in [6.45, 7) is 0. The van der Waals surface area contributed by atoms with Gasteiger partial charge in [0.05, 0.1) is 10.3 Å². The Morgan fingerprint density at radius 3 is 2.70 bits per heavy atom. The Morgan fingerprint density at radius 2 is 1.93 bits per heavy atom. The first kappa shape index (κ1) is 17.9. The minimum absolute atomic E-state index is 0.0407. The van der Waals surface area contributed by atoms with Crippen molar-refractivity contribution >= 4 is 50.6 Å². The Hall–Kier alpha value is -2.48. The number of hydrogen-bond acceptors (Lipinski definition) is 6. The van der Waals surface area contributed by atoms with E-state index in [4.69, 9.17) is 11.6 Å². The Bertz CT molecular complexity index is 1130. The lowest BCUT2D eigenvalue weighted by Crippen LogP contribution is -1.90. The number of fused-ring (bicyclic) bond motifs is 1. The molecular formula is C19H12ClN3O2S2. The molecule has 0 amide bonds. The second-order valence-electron chi connectivity index (χ2n) is 5.71. The summed E-state index contributed by atoms with van der Waals surface area (Å²) >= 11 is 9.43. The molecule has 0 unspecified atom stereocenters. The summed E-state index contributed by atoms with van der Waals surface area (Å²) in [5.74, 6) is 0.756. The number of halogens is 1. The number of aromatic nitrogens is 2. The van der Waals surface area contributed by atoms with Gasteiger partial charge in [-0.05, 0) is 11.1 Å². The lowest BCUT2D eigenvalue weighted by molar-refractivity contribution is -0.384. The first-order chi connectivity index (χ1) is 13.1. The summed E-state index contributed by atoms with van der Waals surface area (Å²) < 4.78 is 0. The SMILES string of the molecule is O=[N+]([O-])c1cccc(-c2csc3nc(SCc4ccccc4)nc(Cl)c23)c1. The number of rotatable bonds is 5. The van der Waals surface area contributed by atoms with Crippen molar-refractivity contribution in [1.82, 2.24) is 9.97 Å². The van der Waals surface area contributed by atoms with Crippen molar-refractivity contribution in [3.63, 3.8) is 0 Å². The molecule has 2 heterocycles. The highest BCUT2D eigenvalue weighted by Crippen LogP contribution is 2.38. The van der Waals surface area contributed by atoms with Crippen LogP contribution in [0.1, 0.15) is 5.56 Å². The summed E-state index contributed by atoms with van der Waals surface area (Å²) in [7, 11) is 0.